The SMILES string of the molecule is CC(C)(C)OC(=O)CN(C[C@H]1COCCN1C(=O)OCc1ccccc1)C(=O)OCCl. The van der Waals surface area contributed by atoms with E-state index in [1.807, 2.05) is 30.3 Å². The summed E-state index contributed by atoms with van der Waals surface area (Å²) in [6, 6.07) is 8.41. The third-order valence-corrected chi connectivity index (χ3v) is 4.38. The van der Waals surface area contributed by atoms with Crippen LogP contribution in [-0.2, 0) is 30.3 Å². The zero-order chi connectivity index (χ0) is 22.9. The summed E-state index contributed by atoms with van der Waals surface area (Å²) in [5, 5.41) is 0. The Bertz CT molecular complexity index is 739. The third kappa shape index (κ3) is 8.63. The number of morpholine rings is 1. The van der Waals surface area contributed by atoms with Crippen molar-refractivity contribution in [3.63, 3.8) is 0 Å². The molecule has 1 aromatic rings. The Morgan fingerprint density at radius 3 is 2.55 bits per heavy atom. The molecule has 0 aliphatic carbocycles. The first-order valence-corrected chi connectivity index (χ1v) is 10.5. The van der Waals surface area contributed by atoms with E-state index in [1.54, 1.807) is 20.8 Å². The number of esters is 1. The molecule has 10 heteroatoms. The van der Waals surface area contributed by atoms with Crippen molar-refractivity contribution in [2.24, 2.45) is 0 Å². The van der Waals surface area contributed by atoms with Crippen LogP contribution in [-0.4, -0.2) is 78.5 Å². The van der Waals surface area contributed by atoms with Crippen LogP contribution in [0.1, 0.15) is 26.3 Å². The summed E-state index contributed by atoms with van der Waals surface area (Å²) in [5.41, 5.74) is 0.151. The second-order valence-corrected chi connectivity index (χ2v) is 8.17. The number of carbonyl (C=O) groups excluding carboxylic acids is 3. The lowest BCUT2D eigenvalue weighted by Gasteiger charge is -2.37. The highest BCUT2D eigenvalue weighted by Crippen LogP contribution is 2.14. The van der Waals surface area contributed by atoms with Crippen molar-refractivity contribution in [3.05, 3.63) is 35.9 Å². The van der Waals surface area contributed by atoms with Crippen LogP contribution in [0.5, 0.6) is 0 Å². The van der Waals surface area contributed by atoms with Crippen LogP contribution >= 0.6 is 11.6 Å². The highest BCUT2D eigenvalue weighted by Gasteiger charge is 2.33. The predicted molar refractivity (Wildman–Crippen MR) is 113 cm³/mol. The molecule has 0 radical (unpaired) electrons. The number of rotatable bonds is 7. The van der Waals surface area contributed by atoms with Gasteiger partial charge in [-0.3, -0.25) is 14.6 Å². The molecular formula is C21H29ClN2O7. The van der Waals surface area contributed by atoms with E-state index >= 15 is 0 Å². The van der Waals surface area contributed by atoms with Crippen molar-refractivity contribution in [1.29, 1.82) is 0 Å². The van der Waals surface area contributed by atoms with Gasteiger partial charge in [0.2, 0.25) is 0 Å². The molecule has 0 aromatic heterocycles. The smallest absolute Gasteiger partial charge is 0.411 e. The van der Waals surface area contributed by atoms with Gasteiger partial charge >= 0.3 is 18.2 Å². The van der Waals surface area contributed by atoms with E-state index in [-0.39, 0.29) is 32.4 Å². The maximum Gasteiger partial charge on any atom is 0.411 e. The summed E-state index contributed by atoms with van der Waals surface area (Å²) < 4.78 is 21.0. The topological polar surface area (TPSA) is 94.6 Å². The number of hydrogen-bond donors (Lipinski definition) is 0. The molecule has 0 spiro atoms. The van der Waals surface area contributed by atoms with Gasteiger partial charge in [-0.1, -0.05) is 41.9 Å². The standard InChI is InChI=1S/C21H29ClN2O7/c1-21(2,3)31-18(25)12-23(19(26)30-15-22)11-17-14-28-10-9-24(17)20(27)29-13-16-7-5-4-6-8-16/h4-8,17H,9-15H2,1-3H3/t17-/m0/s1. The number of carbonyl (C=O) groups is 3. The second-order valence-electron chi connectivity index (χ2n) is 7.95. The van der Waals surface area contributed by atoms with Crippen molar-refractivity contribution < 1.29 is 33.3 Å². The highest BCUT2D eigenvalue weighted by molar-refractivity contribution is 6.17. The molecule has 1 aliphatic rings. The van der Waals surface area contributed by atoms with Gasteiger partial charge in [0, 0.05) is 13.1 Å². The Kier molecular flexibility index (Phi) is 9.39. The summed E-state index contributed by atoms with van der Waals surface area (Å²) >= 11 is 5.51. The lowest BCUT2D eigenvalue weighted by Crippen LogP contribution is -2.55. The molecule has 0 N–H and O–H groups in total. The van der Waals surface area contributed by atoms with Gasteiger partial charge in [-0.15, -0.1) is 0 Å². The molecule has 9 nitrogen and oxygen atoms in total. The molecule has 2 amide bonds. The molecular weight excluding hydrogens is 428 g/mol. The van der Waals surface area contributed by atoms with Crippen LogP contribution in [0.4, 0.5) is 9.59 Å². The first-order chi connectivity index (χ1) is 14.7. The molecule has 172 valence electrons. The number of nitrogens with zero attached hydrogens (tertiary/aromatic N) is 2. The van der Waals surface area contributed by atoms with E-state index < -0.39 is 29.8 Å². The van der Waals surface area contributed by atoms with Gasteiger partial charge in [-0.25, -0.2) is 9.59 Å². The molecule has 0 saturated carbocycles. The summed E-state index contributed by atoms with van der Waals surface area (Å²) in [6.07, 6.45) is -1.32. The summed E-state index contributed by atoms with van der Waals surface area (Å²) in [4.78, 5) is 39.9. The Hall–Kier alpha value is -2.52. The fraction of sp³-hybridized carbons (Fsp3) is 0.571. The number of alkyl halides is 1. The molecule has 1 aliphatic heterocycles. The van der Waals surface area contributed by atoms with Crippen molar-refractivity contribution >= 4 is 29.8 Å². The molecule has 31 heavy (non-hydrogen) atoms. The van der Waals surface area contributed by atoms with Crippen molar-refractivity contribution in [1.82, 2.24) is 9.80 Å². The largest absolute Gasteiger partial charge is 0.459 e. The van der Waals surface area contributed by atoms with Crippen molar-refractivity contribution in [2.45, 2.75) is 39.0 Å². The van der Waals surface area contributed by atoms with Crippen LogP contribution in [0.3, 0.4) is 0 Å². The lowest BCUT2D eigenvalue weighted by atomic mass is 10.2. The highest BCUT2D eigenvalue weighted by atomic mass is 35.5. The normalized spacial score (nSPS) is 16.4. The fourth-order valence-electron chi connectivity index (χ4n) is 2.97. The van der Waals surface area contributed by atoms with Gasteiger partial charge in [0.05, 0.1) is 19.3 Å². The zero-order valence-electron chi connectivity index (χ0n) is 18.0. The average Bonchev–Trinajstić information content (AvgIpc) is 2.71. The Morgan fingerprint density at radius 2 is 1.90 bits per heavy atom. The minimum Gasteiger partial charge on any atom is -0.459 e. The van der Waals surface area contributed by atoms with Crippen LogP contribution in [0.2, 0.25) is 0 Å². The Balaban J connectivity index is 2.04. The van der Waals surface area contributed by atoms with E-state index in [0.717, 1.165) is 10.5 Å². The van der Waals surface area contributed by atoms with E-state index in [0.29, 0.717) is 13.2 Å². The summed E-state index contributed by atoms with van der Waals surface area (Å²) in [7, 11) is 0. The molecule has 1 saturated heterocycles. The monoisotopic (exact) mass is 456 g/mol. The van der Waals surface area contributed by atoms with Gasteiger partial charge in [-0.2, -0.15) is 0 Å². The first kappa shape index (κ1) is 24.7. The van der Waals surface area contributed by atoms with Crippen LogP contribution < -0.4 is 0 Å². The van der Waals surface area contributed by atoms with Gasteiger partial charge in [0.1, 0.15) is 18.8 Å². The average molecular weight is 457 g/mol. The molecule has 1 fully saturated rings. The minimum atomic E-state index is -0.788. The molecule has 2 rings (SSSR count). The predicted octanol–water partition coefficient (Wildman–Crippen LogP) is 3.00. The van der Waals surface area contributed by atoms with E-state index in [2.05, 4.69) is 0 Å². The van der Waals surface area contributed by atoms with Gasteiger partial charge in [-0.05, 0) is 26.3 Å². The summed E-state index contributed by atoms with van der Waals surface area (Å²) in [5.74, 6) is -0.603. The molecule has 0 bridgehead atoms. The molecule has 1 heterocycles. The van der Waals surface area contributed by atoms with Gasteiger partial charge < -0.3 is 18.9 Å². The quantitative estimate of drug-likeness (QED) is 0.353. The van der Waals surface area contributed by atoms with Crippen LogP contribution in [0.15, 0.2) is 30.3 Å². The van der Waals surface area contributed by atoms with Crippen LogP contribution in [0, 0.1) is 0 Å². The first-order valence-electron chi connectivity index (χ1n) is 9.94. The number of benzene rings is 1. The second kappa shape index (κ2) is 11.8. The number of amides is 2. The maximum atomic E-state index is 12.7. The van der Waals surface area contributed by atoms with Crippen LogP contribution in [0.25, 0.3) is 0 Å². The number of halogens is 1. The fourth-order valence-corrected chi connectivity index (χ4v) is 3.07. The molecule has 1 atom stereocenters. The molecule has 1 aromatic carbocycles. The van der Waals surface area contributed by atoms with Crippen molar-refractivity contribution in [3.8, 4) is 0 Å². The zero-order valence-corrected chi connectivity index (χ0v) is 18.8. The number of ether oxygens (including phenoxy) is 4. The maximum absolute atomic E-state index is 12.7. The lowest BCUT2D eigenvalue weighted by molar-refractivity contribution is -0.156. The minimum absolute atomic E-state index is 0.00456. The Morgan fingerprint density at radius 1 is 1.19 bits per heavy atom. The number of hydrogen-bond acceptors (Lipinski definition) is 7. The third-order valence-electron chi connectivity index (χ3n) is 4.27. The Labute approximate surface area is 187 Å². The van der Waals surface area contributed by atoms with Gasteiger partial charge in [0.25, 0.3) is 0 Å². The van der Waals surface area contributed by atoms with E-state index in [9.17, 15) is 14.4 Å². The van der Waals surface area contributed by atoms with Crippen molar-refractivity contribution in [2.75, 3.05) is 38.9 Å². The molecule has 0 unspecified atom stereocenters. The van der Waals surface area contributed by atoms with E-state index in [4.69, 9.17) is 30.5 Å². The van der Waals surface area contributed by atoms with E-state index in [1.165, 1.54) is 4.90 Å². The van der Waals surface area contributed by atoms with Gasteiger partial charge in [0.15, 0.2) is 6.07 Å². The summed E-state index contributed by atoms with van der Waals surface area (Å²) in [6.45, 7) is 5.77.